The number of aromatic nitrogens is 3. The fourth-order valence-electron chi connectivity index (χ4n) is 5.18. The Hall–Kier alpha value is -5.24. The van der Waals surface area contributed by atoms with Gasteiger partial charge in [0.1, 0.15) is 5.82 Å². The second kappa shape index (κ2) is 13.2. The molecule has 246 valence electrons. The predicted octanol–water partition coefficient (Wildman–Crippen LogP) is 5.03. The van der Waals surface area contributed by atoms with E-state index >= 15 is 0 Å². The van der Waals surface area contributed by atoms with E-state index in [9.17, 15) is 27.6 Å². The molecule has 0 bridgehead atoms. The van der Waals surface area contributed by atoms with Gasteiger partial charge in [-0.25, -0.2) is 19.6 Å². The normalized spacial score (nSPS) is 13.9. The van der Waals surface area contributed by atoms with Crippen LogP contribution >= 0.6 is 0 Å². The van der Waals surface area contributed by atoms with E-state index in [0.29, 0.717) is 41.3 Å². The van der Waals surface area contributed by atoms with Crippen LogP contribution in [-0.4, -0.2) is 83.0 Å². The summed E-state index contributed by atoms with van der Waals surface area (Å²) in [5.74, 6) is -3.08. The SMILES string of the molecule is C=CC(=O)Nc1cc(-c2c(-c3ccnc(N4CCN(C)CC4)c3)n(OC(=O)C(F)(F)F)c3ncc(C(=O)OC(C)C)cc23)ccc1C. The molecule has 1 saturated heterocycles. The van der Waals surface area contributed by atoms with Crippen LogP contribution in [0, 0.1) is 6.92 Å². The summed E-state index contributed by atoms with van der Waals surface area (Å²) >= 11 is 0. The maximum atomic E-state index is 13.6. The van der Waals surface area contributed by atoms with Gasteiger partial charge in [-0.2, -0.15) is 17.9 Å². The van der Waals surface area contributed by atoms with Crippen LogP contribution in [-0.2, 0) is 14.3 Å². The minimum Gasteiger partial charge on any atom is -0.459 e. The van der Waals surface area contributed by atoms with Crippen molar-refractivity contribution < 1.29 is 37.1 Å². The molecule has 1 amide bonds. The monoisotopic (exact) mass is 650 g/mol. The van der Waals surface area contributed by atoms with Gasteiger partial charge < -0.3 is 24.7 Å². The Balaban J connectivity index is 1.82. The van der Waals surface area contributed by atoms with Crippen LogP contribution < -0.4 is 15.1 Å². The second-order valence-electron chi connectivity index (χ2n) is 11.4. The number of piperazine rings is 1. The van der Waals surface area contributed by atoms with E-state index in [0.717, 1.165) is 30.1 Å². The average Bonchev–Trinajstić information content (AvgIpc) is 3.34. The summed E-state index contributed by atoms with van der Waals surface area (Å²) in [6.45, 7) is 11.5. The first kappa shape index (κ1) is 33.1. The maximum absolute atomic E-state index is 13.6. The van der Waals surface area contributed by atoms with Gasteiger partial charge >= 0.3 is 18.1 Å². The number of fused-ring (bicyclic) bond motifs is 1. The van der Waals surface area contributed by atoms with Crippen LogP contribution in [0.2, 0.25) is 0 Å². The topological polar surface area (TPSA) is 119 Å². The van der Waals surface area contributed by atoms with Crippen LogP contribution in [0.1, 0.15) is 29.8 Å². The van der Waals surface area contributed by atoms with E-state index in [2.05, 4.69) is 26.8 Å². The van der Waals surface area contributed by atoms with Gasteiger partial charge in [0.15, 0.2) is 5.65 Å². The summed E-state index contributed by atoms with van der Waals surface area (Å²) in [6.07, 6.45) is -2.02. The molecule has 3 aromatic heterocycles. The molecule has 0 saturated carbocycles. The summed E-state index contributed by atoms with van der Waals surface area (Å²) in [6, 6.07) is 9.76. The zero-order valence-corrected chi connectivity index (χ0v) is 26.2. The predicted molar refractivity (Wildman–Crippen MR) is 170 cm³/mol. The largest absolute Gasteiger partial charge is 0.493 e. The zero-order chi connectivity index (χ0) is 34.0. The van der Waals surface area contributed by atoms with Crippen molar-refractivity contribution in [1.29, 1.82) is 0 Å². The number of aryl methyl sites for hydroxylation is 1. The summed E-state index contributed by atoms with van der Waals surface area (Å²) in [7, 11) is 2.01. The number of rotatable bonds is 8. The minimum absolute atomic E-state index is 0.0263. The zero-order valence-electron chi connectivity index (χ0n) is 26.2. The van der Waals surface area contributed by atoms with Crippen molar-refractivity contribution in [2.45, 2.75) is 33.1 Å². The third-order valence-electron chi connectivity index (χ3n) is 7.57. The number of hydrogen-bond acceptors (Lipinski definition) is 9. The number of ether oxygens (including phenoxy) is 1. The number of likely N-dealkylation sites (N-methyl/N-ethyl adjacent to an activating group) is 1. The number of carbonyl (C=O) groups excluding carboxylic acids is 3. The molecule has 14 heteroatoms. The highest BCUT2D eigenvalue weighted by Crippen LogP contribution is 2.42. The van der Waals surface area contributed by atoms with E-state index in [4.69, 9.17) is 9.57 Å². The first-order valence-electron chi connectivity index (χ1n) is 14.8. The Morgan fingerprint density at radius 2 is 1.74 bits per heavy atom. The summed E-state index contributed by atoms with van der Waals surface area (Å²) < 4.78 is 47.0. The lowest BCUT2D eigenvalue weighted by molar-refractivity contribution is -0.199. The molecular formula is C33H33F3N6O5. The van der Waals surface area contributed by atoms with E-state index in [1.54, 1.807) is 51.1 Å². The number of anilines is 2. The fraction of sp³-hybridized carbons (Fsp3) is 0.303. The number of benzene rings is 1. The Labute approximate surface area is 268 Å². The lowest BCUT2D eigenvalue weighted by Crippen LogP contribution is -2.44. The average molecular weight is 651 g/mol. The second-order valence-corrected chi connectivity index (χ2v) is 11.4. The molecule has 1 fully saturated rings. The molecule has 1 aliphatic rings. The molecule has 0 spiro atoms. The quantitative estimate of drug-likeness (QED) is 0.207. The number of carbonyl (C=O) groups is 3. The van der Waals surface area contributed by atoms with Gasteiger partial charge in [-0.15, -0.1) is 0 Å². The minimum atomic E-state index is -5.33. The molecule has 1 aliphatic heterocycles. The third kappa shape index (κ3) is 7.12. The van der Waals surface area contributed by atoms with Crippen molar-refractivity contribution in [1.82, 2.24) is 19.6 Å². The molecule has 1 N–H and O–H groups in total. The maximum Gasteiger partial charge on any atom is 0.493 e. The van der Waals surface area contributed by atoms with Gasteiger partial charge in [-0.1, -0.05) is 18.7 Å². The van der Waals surface area contributed by atoms with Crippen molar-refractivity contribution in [2.75, 3.05) is 43.4 Å². The third-order valence-corrected chi connectivity index (χ3v) is 7.57. The molecule has 47 heavy (non-hydrogen) atoms. The summed E-state index contributed by atoms with van der Waals surface area (Å²) in [5.41, 5.74) is 2.07. The number of nitrogens with one attached hydrogen (secondary N) is 1. The van der Waals surface area contributed by atoms with Crippen LogP contribution in [0.15, 0.2) is 61.4 Å². The Bertz CT molecular complexity index is 1860. The molecule has 0 atom stereocenters. The number of alkyl halides is 3. The number of hydrogen-bond donors (Lipinski definition) is 1. The summed E-state index contributed by atoms with van der Waals surface area (Å²) in [5, 5.41) is 2.93. The molecule has 4 aromatic rings. The molecule has 5 rings (SSSR count). The number of amides is 1. The van der Waals surface area contributed by atoms with Gasteiger partial charge in [0.2, 0.25) is 5.91 Å². The van der Waals surface area contributed by atoms with E-state index in [1.165, 1.54) is 12.3 Å². The van der Waals surface area contributed by atoms with Crippen LogP contribution in [0.4, 0.5) is 24.7 Å². The Morgan fingerprint density at radius 1 is 1.02 bits per heavy atom. The first-order chi connectivity index (χ1) is 22.3. The summed E-state index contributed by atoms with van der Waals surface area (Å²) in [4.78, 5) is 55.6. The highest BCUT2D eigenvalue weighted by Gasteiger charge is 2.43. The standard InChI is InChI=1S/C33H33F3N6O5/c1-6-27(43)39-25-16-21(8-7-20(25)4)28-24-15-23(31(44)46-19(2)3)18-38-30(24)42(47-32(45)33(34,35)36)29(28)22-9-10-37-26(17-22)41-13-11-40(5)12-14-41/h6-10,15-19H,1,11-14H2,2-5H3,(H,39,43). The van der Waals surface area contributed by atoms with Gasteiger partial charge in [0.05, 0.1) is 17.4 Å². The van der Waals surface area contributed by atoms with Gasteiger partial charge in [-0.3, -0.25) is 4.79 Å². The van der Waals surface area contributed by atoms with E-state index < -0.39 is 30.1 Å². The van der Waals surface area contributed by atoms with Crippen LogP contribution in [0.3, 0.4) is 0 Å². The highest BCUT2D eigenvalue weighted by atomic mass is 19.4. The van der Waals surface area contributed by atoms with Crippen molar-refractivity contribution in [2.24, 2.45) is 0 Å². The molecule has 0 unspecified atom stereocenters. The Kier molecular flexibility index (Phi) is 9.33. The van der Waals surface area contributed by atoms with Gasteiger partial charge in [-0.05, 0) is 69.3 Å². The number of nitrogens with zero attached hydrogens (tertiary/aromatic N) is 5. The number of pyridine rings is 2. The lowest BCUT2D eigenvalue weighted by atomic mass is 9.97. The fourth-order valence-corrected chi connectivity index (χ4v) is 5.18. The van der Waals surface area contributed by atoms with E-state index in [1.807, 2.05) is 11.9 Å². The molecule has 0 radical (unpaired) electrons. The highest BCUT2D eigenvalue weighted by molar-refractivity contribution is 6.07. The van der Waals surface area contributed by atoms with Crippen molar-refractivity contribution >= 4 is 40.4 Å². The lowest BCUT2D eigenvalue weighted by Gasteiger charge is -2.33. The smallest absolute Gasteiger partial charge is 0.459 e. The number of halogens is 3. The van der Waals surface area contributed by atoms with Gasteiger partial charge in [0, 0.05) is 60.8 Å². The van der Waals surface area contributed by atoms with Crippen molar-refractivity contribution in [3.05, 3.63) is 72.6 Å². The molecule has 1 aromatic carbocycles. The van der Waals surface area contributed by atoms with Gasteiger partial charge in [0.25, 0.3) is 0 Å². The van der Waals surface area contributed by atoms with Crippen molar-refractivity contribution in [3.8, 4) is 22.4 Å². The van der Waals surface area contributed by atoms with Crippen LogP contribution in [0.25, 0.3) is 33.4 Å². The molecule has 4 heterocycles. The molecule has 0 aliphatic carbocycles. The molecular weight excluding hydrogens is 617 g/mol. The van der Waals surface area contributed by atoms with Crippen molar-refractivity contribution in [3.63, 3.8) is 0 Å². The first-order valence-corrected chi connectivity index (χ1v) is 14.8. The van der Waals surface area contributed by atoms with Crippen LogP contribution in [0.5, 0.6) is 0 Å². The number of esters is 1. The molecule has 11 nitrogen and oxygen atoms in total. The van der Waals surface area contributed by atoms with E-state index in [-0.39, 0.29) is 27.9 Å². The Morgan fingerprint density at radius 3 is 2.40 bits per heavy atom.